The van der Waals surface area contributed by atoms with Crippen LogP contribution in [0.15, 0.2) is 0 Å². The summed E-state index contributed by atoms with van der Waals surface area (Å²) in [5, 5.41) is 0. The third-order valence-electron chi connectivity index (χ3n) is 5.89. The Balaban J connectivity index is 2.22. The number of hydrogen-bond acceptors (Lipinski definition) is 0. The van der Waals surface area contributed by atoms with Gasteiger partial charge in [-0.2, -0.15) is 0 Å². The summed E-state index contributed by atoms with van der Waals surface area (Å²) in [7, 11) is 0. The molecule has 0 atom stereocenters. The molecule has 1 aliphatic carbocycles. The summed E-state index contributed by atoms with van der Waals surface area (Å²) >= 11 is 0. The lowest BCUT2D eigenvalue weighted by molar-refractivity contribution is 0.146. The molecule has 0 nitrogen and oxygen atoms in total. The molecule has 1 fully saturated rings. The van der Waals surface area contributed by atoms with Gasteiger partial charge in [0.1, 0.15) is 0 Å². The third-order valence-corrected chi connectivity index (χ3v) is 5.89. The van der Waals surface area contributed by atoms with Crippen LogP contribution in [0.1, 0.15) is 124 Å². The number of unbranched alkanes of at least 4 members (excludes halogenated alkanes) is 4. The molecule has 0 aromatic heterocycles. The smallest absolute Gasteiger partial charge is 0.0297 e. The fourth-order valence-electron chi connectivity index (χ4n) is 4.39. The van der Waals surface area contributed by atoms with Gasteiger partial charge < -0.3 is 0 Å². The van der Waals surface area contributed by atoms with Crippen LogP contribution >= 0.6 is 0 Å². The van der Waals surface area contributed by atoms with Crippen LogP contribution in [0.4, 0.5) is 0 Å². The van der Waals surface area contributed by atoms with Crippen molar-refractivity contribution in [2.24, 2.45) is 17.3 Å². The second-order valence-electron chi connectivity index (χ2n) is 9.05. The van der Waals surface area contributed by atoms with Crippen molar-refractivity contribution < 1.29 is 0 Å². The van der Waals surface area contributed by atoms with Gasteiger partial charge in [-0.3, -0.25) is 0 Å². The minimum atomic E-state index is 0.758. The fraction of sp³-hybridized carbons (Fsp3) is 1.00. The molecule has 0 heteroatoms. The van der Waals surface area contributed by atoms with Gasteiger partial charge in [-0.1, -0.05) is 98.3 Å². The summed E-state index contributed by atoms with van der Waals surface area (Å²) in [4.78, 5) is 0. The first-order valence-corrected chi connectivity index (χ1v) is 10.5. The van der Waals surface area contributed by atoms with E-state index < -0.39 is 0 Å². The number of hydrogen-bond donors (Lipinski definition) is 0. The average molecular weight is 309 g/mol. The second-order valence-corrected chi connectivity index (χ2v) is 9.05. The molecule has 0 N–H and O–H groups in total. The minimum Gasteiger partial charge on any atom is -0.0628 e. The van der Waals surface area contributed by atoms with Crippen molar-refractivity contribution in [3.63, 3.8) is 0 Å². The predicted molar refractivity (Wildman–Crippen MR) is 101 cm³/mol. The molecule has 132 valence electrons. The van der Waals surface area contributed by atoms with Crippen molar-refractivity contribution >= 4 is 0 Å². The van der Waals surface area contributed by atoms with Gasteiger partial charge >= 0.3 is 0 Å². The molecule has 0 bridgehead atoms. The molecule has 1 saturated carbocycles. The van der Waals surface area contributed by atoms with Crippen molar-refractivity contribution in [2.45, 2.75) is 124 Å². The molecule has 0 aromatic rings. The lowest BCUT2D eigenvalue weighted by Crippen LogP contribution is -2.24. The Morgan fingerprint density at radius 1 is 0.591 bits per heavy atom. The lowest BCUT2D eigenvalue weighted by atomic mass is 9.68. The van der Waals surface area contributed by atoms with E-state index in [-0.39, 0.29) is 0 Å². The molecule has 0 radical (unpaired) electrons. The maximum atomic E-state index is 2.36. The SMILES string of the molecule is CC(C)CCCCCC1(CCCCCC(C)C)CCCCC1. The highest BCUT2D eigenvalue weighted by atomic mass is 14.4. The molecular formula is C22H44. The van der Waals surface area contributed by atoms with E-state index in [1.54, 1.807) is 12.8 Å². The summed E-state index contributed by atoms with van der Waals surface area (Å²) in [5.74, 6) is 1.79. The summed E-state index contributed by atoms with van der Waals surface area (Å²) in [6.45, 7) is 9.44. The predicted octanol–water partition coefficient (Wildman–Crippen LogP) is 8.15. The molecule has 0 aromatic carbocycles. The first-order valence-electron chi connectivity index (χ1n) is 10.5. The highest BCUT2D eigenvalue weighted by Gasteiger charge is 2.30. The fourth-order valence-corrected chi connectivity index (χ4v) is 4.39. The first kappa shape index (κ1) is 20.0. The van der Waals surface area contributed by atoms with Gasteiger partial charge in [-0.05, 0) is 42.9 Å². The van der Waals surface area contributed by atoms with Gasteiger partial charge in [0.05, 0.1) is 0 Å². The zero-order valence-electron chi connectivity index (χ0n) is 16.3. The highest BCUT2D eigenvalue weighted by molar-refractivity contribution is 4.83. The van der Waals surface area contributed by atoms with Crippen LogP contribution in [0.25, 0.3) is 0 Å². The van der Waals surface area contributed by atoms with Gasteiger partial charge in [0.2, 0.25) is 0 Å². The van der Waals surface area contributed by atoms with Gasteiger partial charge in [0.15, 0.2) is 0 Å². The van der Waals surface area contributed by atoms with Gasteiger partial charge in [-0.25, -0.2) is 0 Å². The Bertz CT molecular complexity index is 225. The Labute approximate surface area is 141 Å². The molecule has 0 spiro atoms. The monoisotopic (exact) mass is 308 g/mol. The van der Waals surface area contributed by atoms with Gasteiger partial charge in [0.25, 0.3) is 0 Å². The third kappa shape index (κ3) is 9.21. The molecule has 0 amide bonds. The molecule has 0 aliphatic heterocycles. The van der Waals surface area contributed by atoms with E-state index in [1.807, 2.05) is 0 Å². The zero-order chi connectivity index (χ0) is 16.3. The summed E-state index contributed by atoms with van der Waals surface area (Å²) in [5.41, 5.74) is 0.758. The molecule has 0 unspecified atom stereocenters. The van der Waals surface area contributed by atoms with Crippen LogP contribution in [-0.4, -0.2) is 0 Å². The summed E-state index contributed by atoms with van der Waals surface area (Å²) in [6.07, 6.45) is 22.4. The van der Waals surface area contributed by atoms with Crippen molar-refractivity contribution in [3.05, 3.63) is 0 Å². The largest absolute Gasteiger partial charge is 0.0628 e. The Morgan fingerprint density at radius 3 is 1.45 bits per heavy atom. The van der Waals surface area contributed by atoms with Crippen LogP contribution in [0.3, 0.4) is 0 Å². The van der Waals surface area contributed by atoms with Crippen molar-refractivity contribution in [1.29, 1.82) is 0 Å². The normalized spacial score (nSPS) is 18.3. The van der Waals surface area contributed by atoms with Crippen LogP contribution < -0.4 is 0 Å². The van der Waals surface area contributed by atoms with Crippen LogP contribution in [-0.2, 0) is 0 Å². The minimum absolute atomic E-state index is 0.758. The molecular weight excluding hydrogens is 264 g/mol. The van der Waals surface area contributed by atoms with Crippen LogP contribution in [0.5, 0.6) is 0 Å². The Kier molecular flexibility index (Phi) is 10.5. The van der Waals surface area contributed by atoms with Crippen LogP contribution in [0, 0.1) is 17.3 Å². The van der Waals surface area contributed by atoms with Crippen molar-refractivity contribution in [2.75, 3.05) is 0 Å². The molecule has 0 heterocycles. The van der Waals surface area contributed by atoms with Crippen molar-refractivity contribution in [3.8, 4) is 0 Å². The highest BCUT2D eigenvalue weighted by Crippen LogP contribution is 2.44. The van der Waals surface area contributed by atoms with E-state index in [1.165, 1.54) is 83.5 Å². The number of rotatable bonds is 12. The van der Waals surface area contributed by atoms with E-state index in [9.17, 15) is 0 Å². The van der Waals surface area contributed by atoms with E-state index in [0.717, 1.165) is 17.3 Å². The van der Waals surface area contributed by atoms with Crippen LogP contribution in [0.2, 0.25) is 0 Å². The Hall–Kier alpha value is 0. The van der Waals surface area contributed by atoms with Crippen molar-refractivity contribution in [1.82, 2.24) is 0 Å². The molecule has 22 heavy (non-hydrogen) atoms. The zero-order valence-corrected chi connectivity index (χ0v) is 16.3. The second kappa shape index (κ2) is 11.5. The first-order chi connectivity index (χ1) is 10.5. The van der Waals surface area contributed by atoms with E-state index in [2.05, 4.69) is 27.7 Å². The molecule has 1 rings (SSSR count). The maximum absolute atomic E-state index is 2.36. The van der Waals surface area contributed by atoms with Gasteiger partial charge in [0, 0.05) is 0 Å². The lowest BCUT2D eigenvalue weighted by Gasteiger charge is -2.38. The standard InChI is InChI=1S/C22H44/c1-20(2)14-8-5-10-16-22(18-12-7-13-19-22)17-11-6-9-15-21(3)4/h20-21H,5-19H2,1-4H3. The molecule has 0 saturated heterocycles. The maximum Gasteiger partial charge on any atom is -0.0297 e. The van der Waals surface area contributed by atoms with Gasteiger partial charge in [-0.15, -0.1) is 0 Å². The summed E-state index contributed by atoms with van der Waals surface area (Å²) in [6, 6.07) is 0. The summed E-state index contributed by atoms with van der Waals surface area (Å²) < 4.78 is 0. The average Bonchev–Trinajstić information content (AvgIpc) is 2.47. The Morgan fingerprint density at radius 2 is 1.05 bits per heavy atom. The van der Waals surface area contributed by atoms with E-state index in [4.69, 9.17) is 0 Å². The van der Waals surface area contributed by atoms with E-state index >= 15 is 0 Å². The molecule has 1 aliphatic rings. The van der Waals surface area contributed by atoms with E-state index in [0.29, 0.717) is 0 Å². The quantitative estimate of drug-likeness (QED) is 0.319. The topological polar surface area (TPSA) is 0 Å².